The molecule has 0 spiro atoms. The lowest BCUT2D eigenvalue weighted by molar-refractivity contribution is 0.0747. The SMILES string of the molecule is CC1CCCN1C(=O)c1ccc(Br)c(O)c1. The monoisotopic (exact) mass is 283 g/mol. The van der Waals surface area contributed by atoms with Gasteiger partial charge in [0.1, 0.15) is 5.75 Å². The summed E-state index contributed by atoms with van der Waals surface area (Å²) < 4.78 is 0.610. The van der Waals surface area contributed by atoms with Crippen molar-refractivity contribution in [3.63, 3.8) is 0 Å². The van der Waals surface area contributed by atoms with Crippen LogP contribution >= 0.6 is 15.9 Å². The van der Waals surface area contributed by atoms with Crippen molar-refractivity contribution in [1.82, 2.24) is 4.90 Å². The third-order valence-corrected chi connectivity index (χ3v) is 3.68. The van der Waals surface area contributed by atoms with Crippen LogP contribution < -0.4 is 0 Å². The van der Waals surface area contributed by atoms with Gasteiger partial charge < -0.3 is 10.0 Å². The predicted octanol–water partition coefficient (Wildman–Crippen LogP) is 2.78. The molecule has 1 heterocycles. The van der Waals surface area contributed by atoms with Crippen molar-refractivity contribution in [3.8, 4) is 5.75 Å². The Bertz CT molecular complexity index is 419. The van der Waals surface area contributed by atoms with Gasteiger partial charge in [0, 0.05) is 18.2 Å². The quantitative estimate of drug-likeness (QED) is 0.861. The fraction of sp³-hybridized carbons (Fsp3) is 0.417. The molecule has 1 N–H and O–H groups in total. The molecule has 16 heavy (non-hydrogen) atoms. The number of benzene rings is 1. The van der Waals surface area contributed by atoms with Crippen molar-refractivity contribution in [1.29, 1.82) is 0 Å². The van der Waals surface area contributed by atoms with Gasteiger partial charge in [-0.15, -0.1) is 0 Å². The summed E-state index contributed by atoms with van der Waals surface area (Å²) in [6.07, 6.45) is 2.13. The molecule has 0 aliphatic carbocycles. The lowest BCUT2D eigenvalue weighted by Crippen LogP contribution is -2.33. The van der Waals surface area contributed by atoms with Crippen LogP contribution in [0.15, 0.2) is 22.7 Å². The van der Waals surface area contributed by atoms with Crippen LogP contribution in [0.2, 0.25) is 0 Å². The van der Waals surface area contributed by atoms with Gasteiger partial charge in [-0.3, -0.25) is 4.79 Å². The van der Waals surface area contributed by atoms with E-state index in [-0.39, 0.29) is 11.7 Å². The van der Waals surface area contributed by atoms with Gasteiger partial charge in [-0.2, -0.15) is 0 Å². The summed E-state index contributed by atoms with van der Waals surface area (Å²) in [5.74, 6) is 0.116. The molecule has 2 rings (SSSR count). The largest absolute Gasteiger partial charge is 0.507 e. The first-order valence-corrected chi connectivity index (χ1v) is 6.18. The highest BCUT2D eigenvalue weighted by Gasteiger charge is 2.26. The van der Waals surface area contributed by atoms with Gasteiger partial charge in [0.25, 0.3) is 5.91 Å². The highest BCUT2D eigenvalue weighted by molar-refractivity contribution is 9.10. The van der Waals surface area contributed by atoms with Gasteiger partial charge in [0.05, 0.1) is 4.47 Å². The van der Waals surface area contributed by atoms with Crippen LogP contribution in [0, 0.1) is 0 Å². The predicted molar refractivity (Wildman–Crippen MR) is 65.5 cm³/mol. The van der Waals surface area contributed by atoms with E-state index in [0.29, 0.717) is 16.1 Å². The summed E-state index contributed by atoms with van der Waals surface area (Å²) in [4.78, 5) is 14.0. The van der Waals surface area contributed by atoms with E-state index in [1.165, 1.54) is 6.07 Å². The molecule has 1 atom stereocenters. The van der Waals surface area contributed by atoms with E-state index in [0.717, 1.165) is 19.4 Å². The molecule has 1 aliphatic rings. The lowest BCUT2D eigenvalue weighted by Gasteiger charge is -2.21. The number of hydrogen-bond donors (Lipinski definition) is 1. The minimum Gasteiger partial charge on any atom is -0.507 e. The number of rotatable bonds is 1. The molecule has 0 radical (unpaired) electrons. The molecule has 1 fully saturated rings. The van der Waals surface area contributed by atoms with Gasteiger partial charge in [0.15, 0.2) is 0 Å². The summed E-state index contributed by atoms with van der Waals surface area (Å²) in [5, 5.41) is 9.54. The second-order valence-corrected chi connectivity index (χ2v) is 5.01. The topological polar surface area (TPSA) is 40.5 Å². The molecule has 1 aliphatic heterocycles. The molecular formula is C12H14BrNO2. The molecule has 1 aromatic rings. The summed E-state index contributed by atoms with van der Waals surface area (Å²) in [5.41, 5.74) is 0.550. The average Bonchev–Trinajstić information content (AvgIpc) is 2.67. The third kappa shape index (κ3) is 2.07. The van der Waals surface area contributed by atoms with E-state index in [1.807, 2.05) is 4.90 Å². The van der Waals surface area contributed by atoms with E-state index < -0.39 is 0 Å². The standard InChI is InChI=1S/C12H14BrNO2/c1-8-3-2-6-14(8)12(16)9-4-5-10(13)11(15)7-9/h4-5,7-8,15H,2-3,6H2,1H3. The Morgan fingerprint density at radius 2 is 2.31 bits per heavy atom. The zero-order chi connectivity index (χ0) is 11.7. The van der Waals surface area contributed by atoms with Crippen LogP contribution in [-0.2, 0) is 0 Å². The summed E-state index contributed by atoms with van der Waals surface area (Å²) in [7, 11) is 0. The van der Waals surface area contributed by atoms with Crippen LogP contribution in [0.1, 0.15) is 30.1 Å². The van der Waals surface area contributed by atoms with Crippen LogP contribution in [-0.4, -0.2) is 28.5 Å². The number of amides is 1. The second-order valence-electron chi connectivity index (χ2n) is 4.16. The Morgan fingerprint density at radius 3 is 2.88 bits per heavy atom. The first-order valence-electron chi connectivity index (χ1n) is 5.39. The zero-order valence-corrected chi connectivity index (χ0v) is 10.7. The number of hydrogen-bond acceptors (Lipinski definition) is 2. The van der Waals surface area contributed by atoms with Gasteiger partial charge in [-0.1, -0.05) is 0 Å². The minimum atomic E-state index is 0.00722. The second kappa shape index (κ2) is 4.45. The van der Waals surface area contributed by atoms with Crippen molar-refractivity contribution in [2.75, 3.05) is 6.54 Å². The number of carbonyl (C=O) groups is 1. The molecule has 0 bridgehead atoms. The van der Waals surface area contributed by atoms with Crippen molar-refractivity contribution >= 4 is 21.8 Å². The van der Waals surface area contributed by atoms with E-state index in [9.17, 15) is 9.90 Å². The molecule has 0 aromatic heterocycles. The number of likely N-dealkylation sites (tertiary alicyclic amines) is 1. The normalized spacial score (nSPS) is 20.1. The Morgan fingerprint density at radius 1 is 1.56 bits per heavy atom. The Kier molecular flexibility index (Phi) is 3.19. The average molecular weight is 284 g/mol. The van der Waals surface area contributed by atoms with Crippen LogP contribution in [0.5, 0.6) is 5.75 Å². The molecule has 86 valence electrons. The van der Waals surface area contributed by atoms with Gasteiger partial charge >= 0.3 is 0 Å². The number of nitrogens with zero attached hydrogens (tertiary/aromatic N) is 1. The molecule has 1 saturated heterocycles. The first kappa shape index (κ1) is 11.5. The molecule has 3 nitrogen and oxygen atoms in total. The van der Waals surface area contributed by atoms with Crippen molar-refractivity contribution in [3.05, 3.63) is 28.2 Å². The minimum absolute atomic E-state index is 0.00722. The molecule has 1 aromatic carbocycles. The Labute approximate surface area is 103 Å². The maximum atomic E-state index is 12.1. The molecular weight excluding hydrogens is 270 g/mol. The summed E-state index contributed by atoms with van der Waals surface area (Å²) in [6.45, 7) is 2.88. The van der Waals surface area contributed by atoms with Crippen molar-refractivity contribution < 1.29 is 9.90 Å². The maximum Gasteiger partial charge on any atom is 0.254 e. The first-order chi connectivity index (χ1) is 7.59. The fourth-order valence-corrected chi connectivity index (χ4v) is 2.29. The molecule has 0 saturated carbocycles. The van der Waals surface area contributed by atoms with Gasteiger partial charge in [-0.05, 0) is 53.9 Å². The maximum absolute atomic E-state index is 12.1. The zero-order valence-electron chi connectivity index (χ0n) is 9.11. The molecule has 4 heteroatoms. The summed E-state index contributed by atoms with van der Waals surface area (Å²) >= 11 is 3.20. The number of phenolic OH excluding ortho intramolecular Hbond substituents is 1. The van der Waals surface area contributed by atoms with Crippen molar-refractivity contribution in [2.45, 2.75) is 25.8 Å². The smallest absolute Gasteiger partial charge is 0.254 e. The highest BCUT2D eigenvalue weighted by Crippen LogP contribution is 2.26. The van der Waals surface area contributed by atoms with E-state index in [2.05, 4.69) is 22.9 Å². The van der Waals surface area contributed by atoms with Gasteiger partial charge in [-0.25, -0.2) is 0 Å². The summed E-state index contributed by atoms with van der Waals surface area (Å²) in [6, 6.07) is 5.25. The third-order valence-electron chi connectivity index (χ3n) is 3.01. The van der Waals surface area contributed by atoms with E-state index in [4.69, 9.17) is 0 Å². The molecule has 1 amide bonds. The Hall–Kier alpha value is -1.03. The number of phenols is 1. The number of carbonyl (C=O) groups excluding carboxylic acids is 1. The van der Waals surface area contributed by atoms with Gasteiger partial charge in [0.2, 0.25) is 0 Å². The molecule has 1 unspecified atom stereocenters. The number of aromatic hydroxyl groups is 1. The number of halogens is 1. The van der Waals surface area contributed by atoms with E-state index >= 15 is 0 Å². The van der Waals surface area contributed by atoms with Crippen LogP contribution in [0.3, 0.4) is 0 Å². The Balaban J connectivity index is 2.23. The lowest BCUT2D eigenvalue weighted by atomic mass is 10.1. The highest BCUT2D eigenvalue weighted by atomic mass is 79.9. The van der Waals surface area contributed by atoms with Crippen LogP contribution in [0.25, 0.3) is 0 Å². The van der Waals surface area contributed by atoms with Crippen LogP contribution in [0.4, 0.5) is 0 Å². The van der Waals surface area contributed by atoms with E-state index in [1.54, 1.807) is 12.1 Å². The van der Waals surface area contributed by atoms with Crippen molar-refractivity contribution in [2.24, 2.45) is 0 Å². The fourth-order valence-electron chi connectivity index (χ4n) is 2.05.